The summed E-state index contributed by atoms with van der Waals surface area (Å²) in [4.78, 5) is 4.28. The molecule has 0 aliphatic rings. The van der Waals surface area contributed by atoms with E-state index in [9.17, 15) is 0 Å². The van der Waals surface area contributed by atoms with Crippen LogP contribution in [0.2, 0.25) is 0 Å². The number of hydrogen-bond donors (Lipinski definition) is 1. The molecule has 4 heteroatoms. The van der Waals surface area contributed by atoms with Crippen LogP contribution in [0.3, 0.4) is 0 Å². The van der Waals surface area contributed by atoms with Gasteiger partial charge < -0.3 is 4.74 Å². The topological polar surface area (TPSA) is 22.1 Å². The van der Waals surface area contributed by atoms with Crippen molar-refractivity contribution < 1.29 is 4.74 Å². The molecular weight excluding hydrogens is 202 g/mol. The van der Waals surface area contributed by atoms with Gasteiger partial charge in [0.2, 0.25) is 0 Å². The predicted molar refractivity (Wildman–Crippen MR) is 60.4 cm³/mol. The van der Waals surface area contributed by atoms with Gasteiger partial charge in [-0.05, 0) is 19.9 Å². The van der Waals surface area contributed by atoms with Gasteiger partial charge in [-0.1, -0.05) is 10.8 Å². The Hall–Kier alpha value is -0.350. The molecule has 0 unspecified atom stereocenters. The standard InChI is InChI=1S/C9H13NOS2/c1-9(2,13-12)8-6-7(11-3)4-5-10-8/h4-6,12H,1-3H3. The lowest BCUT2D eigenvalue weighted by Crippen LogP contribution is -2.12. The molecular formula is C9H13NOS2. The van der Waals surface area contributed by atoms with Crippen LogP contribution in [-0.4, -0.2) is 12.1 Å². The number of methoxy groups -OCH3 is 1. The summed E-state index contributed by atoms with van der Waals surface area (Å²) in [6, 6.07) is 3.77. The average molecular weight is 215 g/mol. The van der Waals surface area contributed by atoms with E-state index in [-0.39, 0.29) is 4.75 Å². The molecule has 0 aromatic carbocycles. The molecule has 13 heavy (non-hydrogen) atoms. The van der Waals surface area contributed by atoms with Crippen molar-refractivity contribution in [2.24, 2.45) is 0 Å². The van der Waals surface area contributed by atoms with Gasteiger partial charge in [-0.15, -0.1) is 11.7 Å². The first-order valence-corrected chi connectivity index (χ1v) is 5.80. The summed E-state index contributed by atoms with van der Waals surface area (Å²) in [5, 5.41) is 0. The number of rotatable bonds is 3. The molecule has 0 fully saturated rings. The van der Waals surface area contributed by atoms with Gasteiger partial charge in [-0.2, -0.15) is 0 Å². The van der Waals surface area contributed by atoms with Crippen LogP contribution in [0.4, 0.5) is 0 Å². The maximum atomic E-state index is 5.12. The zero-order chi connectivity index (χ0) is 9.90. The van der Waals surface area contributed by atoms with Gasteiger partial charge in [0, 0.05) is 12.3 Å². The molecule has 1 rings (SSSR count). The Balaban J connectivity index is 3.01. The minimum Gasteiger partial charge on any atom is -0.497 e. The van der Waals surface area contributed by atoms with Gasteiger partial charge in [-0.3, -0.25) is 4.98 Å². The van der Waals surface area contributed by atoms with Crippen LogP contribution in [0.15, 0.2) is 18.3 Å². The lowest BCUT2D eigenvalue weighted by Gasteiger charge is -2.20. The molecule has 1 heterocycles. The number of aromatic nitrogens is 1. The monoisotopic (exact) mass is 215 g/mol. The van der Waals surface area contributed by atoms with E-state index in [2.05, 4.69) is 30.5 Å². The van der Waals surface area contributed by atoms with Crippen LogP contribution >= 0.6 is 22.5 Å². The number of ether oxygens (including phenoxy) is 1. The molecule has 0 saturated carbocycles. The molecule has 0 saturated heterocycles. The Morgan fingerprint density at radius 1 is 1.54 bits per heavy atom. The molecule has 72 valence electrons. The van der Waals surface area contributed by atoms with E-state index in [4.69, 9.17) is 4.74 Å². The highest BCUT2D eigenvalue weighted by Gasteiger charge is 2.21. The summed E-state index contributed by atoms with van der Waals surface area (Å²) in [6.45, 7) is 4.15. The van der Waals surface area contributed by atoms with E-state index in [1.54, 1.807) is 13.3 Å². The molecule has 1 aromatic heterocycles. The van der Waals surface area contributed by atoms with Crippen LogP contribution in [0.25, 0.3) is 0 Å². The highest BCUT2D eigenvalue weighted by molar-refractivity contribution is 8.68. The summed E-state index contributed by atoms with van der Waals surface area (Å²) in [7, 11) is 3.13. The SMILES string of the molecule is COc1ccnc(C(C)(C)SS)c1. The third-order valence-corrected chi connectivity index (χ3v) is 3.85. The molecule has 1 aromatic rings. The van der Waals surface area contributed by atoms with Crippen LogP contribution in [-0.2, 0) is 4.75 Å². The number of pyridine rings is 1. The van der Waals surface area contributed by atoms with Crippen LogP contribution in [0.5, 0.6) is 5.75 Å². The highest BCUT2D eigenvalue weighted by Crippen LogP contribution is 2.37. The van der Waals surface area contributed by atoms with Gasteiger partial charge in [0.1, 0.15) is 5.75 Å². The molecule has 0 amide bonds. The second-order valence-electron chi connectivity index (χ2n) is 3.18. The second kappa shape index (κ2) is 4.24. The summed E-state index contributed by atoms with van der Waals surface area (Å²) < 4.78 is 5.03. The number of nitrogens with zero attached hydrogens (tertiary/aromatic N) is 1. The lowest BCUT2D eigenvalue weighted by atomic mass is 10.1. The van der Waals surface area contributed by atoms with E-state index in [1.807, 2.05) is 12.1 Å². The van der Waals surface area contributed by atoms with Crippen molar-refractivity contribution in [3.63, 3.8) is 0 Å². The van der Waals surface area contributed by atoms with Gasteiger partial charge in [0.15, 0.2) is 0 Å². The fraction of sp³-hybridized carbons (Fsp3) is 0.444. The van der Waals surface area contributed by atoms with Gasteiger partial charge in [0.05, 0.1) is 17.6 Å². The normalized spacial score (nSPS) is 11.4. The summed E-state index contributed by atoms with van der Waals surface area (Å²) >= 11 is 4.21. The average Bonchev–Trinajstić information content (AvgIpc) is 2.18. The Morgan fingerprint density at radius 2 is 2.23 bits per heavy atom. The van der Waals surface area contributed by atoms with Crippen molar-refractivity contribution >= 4 is 22.5 Å². The van der Waals surface area contributed by atoms with Crippen molar-refractivity contribution in [1.82, 2.24) is 4.98 Å². The zero-order valence-corrected chi connectivity index (χ0v) is 9.65. The van der Waals surface area contributed by atoms with E-state index in [1.165, 1.54) is 10.8 Å². The summed E-state index contributed by atoms with van der Waals surface area (Å²) in [5.74, 6) is 0.834. The Labute approximate surface area is 87.9 Å². The minimum absolute atomic E-state index is 0.0857. The van der Waals surface area contributed by atoms with E-state index < -0.39 is 0 Å². The third-order valence-electron chi connectivity index (χ3n) is 1.81. The lowest BCUT2D eigenvalue weighted by molar-refractivity contribution is 0.413. The van der Waals surface area contributed by atoms with Crippen molar-refractivity contribution in [3.8, 4) is 5.75 Å². The molecule has 2 nitrogen and oxygen atoms in total. The van der Waals surface area contributed by atoms with Crippen LogP contribution in [0.1, 0.15) is 19.5 Å². The largest absolute Gasteiger partial charge is 0.497 e. The van der Waals surface area contributed by atoms with Crippen molar-refractivity contribution in [2.75, 3.05) is 7.11 Å². The molecule has 0 aliphatic heterocycles. The van der Waals surface area contributed by atoms with Crippen LogP contribution < -0.4 is 4.74 Å². The van der Waals surface area contributed by atoms with E-state index in [0.29, 0.717) is 0 Å². The minimum atomic E-state index is -0.0857. The smallest absolute Gasteiger partial charge is 0.122 e. The predicted octanol–water partition coefficient (Wildman–Crippen LogP) is 2.90. The molecule has 0 spiro atoms. The second-order valence-corrected chi connectivity index (χ2v) is 4.93. The van der Waals surface area contributed by atoms with Gasteiger partial charge in [0.25, 0.3) is 0 Å². The fourth-order valence-electron chi connectivity index (χ4n) is 0.914. The molecule has 0 N–H and O–H groups in total. The zero-order valence-electron chi connectivity index (χ0n) is 7.94. The first kappa shape index (κ1) is 10.7. The third kappa shape index (κ3) is 2.54. The van der Waals surface area contributed by atoms with Crippen LogP contribution in [0, 0.1) is 0 Å². The molecule has 0 aliphatic carbocycles. The summed E-state index contributed by atoms with van der Waals surface area (Å²) in [5.41, 5.74) is 0.979. The Bertz CT molecular complexity index is 289. The Morgan fingerprint density at radius 3 is 2.77 bits per heavy atom. The van der Waals surface area contributed by atoms with Crippen molar-refractivity contribution in [2.45, 2.75) is 18.6 Å². The fourth-order valence-corrected chi connectivity index (χ4v) is 1.40. The first-order chi connectivity index (χ1) is 6.10. The molecule has 0 bridgehead atoms. The maximum Gasteiger partial charge on any atom is 0.122 e. The van der Waals surface area contributed by atoms with Crippen molar-refractivity contribution in [1.29, 1.82) is 0 Å². The van der Waals surface area contributed by atoms with E-state index in [0.717, 1.165) is 11.4 Å². The van der Waals surface area contributed by atoms with E-state index >= 15 is 0 Å². The first-order valence-electron chi connectivity index (χ1n) is 3.93. The molecule has 0 atom stereocenters. The molecule has 0 radical (unpaired) electrons. The van der Waals surface area contributed by atoms with Gasteiger partial charge in [-0.25, -0.2) is 0 Å². The number of thiol groups is 1. The summed E-state index contributed by atoms with van der Waals surface area (Å²) in [6.07, 6.45) is 1.75. The van der Waals surface area contributed by atoms with Gasteiger partial charge >= 0.3 is 0 Å². The Kier molecular flexibility index (Phi) is 3.50. The maximum absolute atomic E-state index is 5.12. The highest BCUT2D eigenvalue weighted by atomic mass is 33.1. The van der Waals surface area contributed by atoms with Crippen molar-refractivity contribution in [3.05, 3.63) is 24.0 Å². The number of hydrogen-bond acceptors (Lipinski definition) is 4. The quantitative estimate of drug-likeness (QED) is 0.619.